The van der Waals surface area contributed by atoms with Crippen molar-refractivity contribution in [3.8, 4) is 6.07 Å². The summed E-state index contributed by atoms with van der Waals surface area (Å²) in [5.41, 5.74) is 6.93. The normalized spacial score (nSPS) is 19.5. The smallest absolute Gasteiger partial charge is 0.0794 e. The first kappa shape index (κ1) is 14.6. The summed E-state index contributed by atoms with van der Waals surface area (Å²) >= 11 is 3.48. The van der Waals surface area contributed by atoms with Gasteiger partial charge in [-0.15, -0.1) is 0 Å². The summed E-state index contributed by atoms with van der Waals surface area (Å²) in [7, 11) is 0. The molecule has 1 aromatic rings. The average molecular weight is 321 g/mol. The third-order valence-corrected chi connectivity index (χ3v) is 4.98. The number of hydrogen-bond acceptors (Lipinski definition) is 2. The molecule has 1 aliphatic rings. The van der Waals surface area contributed by atoms with Gasteiger partial charge in [0.05, 0.1) is 11.5 Å². The van der Waals surface area contributed by atoms with Crippen LogP contribution in [0.15, 0.2) is 28.7 Å². The maximum Gasteiger partial charge on any atom is 0.0794 e. The van der Waals surface area contributed by atoms with Gasteiger partial charge in [-0.25, -0.2) is 0 Å². The van der Waals surface area contributed by atoms with Gasteiger partial charge in [0.2, 0.25) is 0 Å². The molecule has 1 saturated carbocycles. The Labute approximate surface area is 124 Å². The molecule has 0 aliphatic heterocycles. The van der Waals surface area contributed by atoms with Crippen LogP contribution < -0.4 is 5.73 Å². The summed E-state index contributed by atoms with van der Waals surface area (Å²) in [6, 6.07) is 10.6. The van der Waals surface area contributed by atoms with E-state index in [1.54, 1.807) is 0 Å². The molecule has 1 atom stereocenters. The van der Waals surface area contributed by atoms with Crippen molar-refractivity contribution >= 4 is 15.9 Å². The maximum absolute atomic E-state index is 9.54. The number of nitrogens with two attached hydrogens (primary N) is 1. The summed E-state index contributed by atoms with van der Waals surface area (Å²) in [6.45, 7) is 2.84. The van der Waals surface area contributed by atoms with Gasteiger partial charge in [0.25, 0.3) is 0 Å². The Morgan fingerprint density at radius 3 is 2.74 bits per heavy atom. The second-order valence-corrected chi connectivity index (χ2v) is 6.93. The molecule has 0 heterocycles. The SMILES string of the molecule is CC(C#N)(CCCC1(CN)CC1)c1cccc(Br)c1. The van der Waals surface area contributed by atoms with E-state index in [4.69, 9.17) is 5.73 Å². The van der Waals surface area contributed by atoms with Crippen molar-refractivity contribution < 1.29 is 0 Å². The van der Waals surface area contributed by atoms with Crippen molar-refractivity contribution in [3.63, 3.8) is 0 Å². The van der Waals surface area contributed by atoms with Crippen molar-refractivity contribution in [2.24, 2.45) is 11.1 Å². The molecule has 1 fully saturated rings. The first-order valence-corrected chi connectivity index (χ1v) is 7.70. The molecule has 3 heteroatoms. The van der Waals surface area contributed by atoms with Crippen molar-refractivity contribution in [1.82, 2.24) is 0 Å². The lowest BCUT2D eigenvalue weighted by molar-refractivity contribution is 0.415. The minimum atomic E-state index is -0.394. The van der Waals surface area contributed by atoms with Gasteiger partial charge in [0.1, 0.15) is 0 Å². The molecular weight excluding hydrogens is 300 g/mol. The van der Waals surface area contributed by atoms with Gasteiger partial charge in [-0.3, -0.25) is 0 Å². The zero-order valence-corrected chi connectivity index (χ0v) is 13.0. The fraction of sp³-hybridized carbons (Fsp3) is 0.562. The number of nitrogens with zero attached hydrogens (tertiary/aromatic N) is 1. The van der Waals surface area contributed by atoms with Gasteiger partial charge in [0.15, 0.2) is 0 Å². The van der Waals surface area contributed by atoms with Crippen LogP contribution in [0.3, 0.4) is 0 Å². The Balaban J connectivity index is 2.00. The third kappa shape index (κ3) is 3.38. The summed E-state index contributed by atoms with van der Waals surface area (Å²) in [5.74, 6) is 0. The Morgan fingerprint density at radius 2 is 2.21 bits per heavy atom. The van der Waals surface area contributed by atoms with E-state index in [0.717, 1.165) is 35.8 Å². The predicted octanol–water partition coefficient (Wildman–Crippen LogP) is 4.14. The van der Waals surface area contributed by atoms with E-state index in [0.29, 0.717) is 5.41 Å². The monoisotopic (exact) mass is 320 g/mol. The Bertz CT molecular complexity index is 488. The highest BCUT2D eigenvalue weighted by Crippen LogP contribution is 2.49. The fourth-order valence-electron chi connectivity index (χ4n) is 2.65. The van der Waals surface area contributed by atoms with Crippen LogP contribution in [0.1, 0.15) is 44.6 Å². The summed E-state index contributed by atoms with van der Waals surface area (Å²) in [4.78, 5) is 0. The topological polar surface area (TPSA) is 49.8 Å². The van der Waals surface area contributed by atoms with E-state index in [1.807, 2.05) is 25.1 Å². The molecule has 2 rings (SSSR count). The van der Waals surface area contributed by atoms with Crippen molar-refractivity contribution in [2.45, 2.75) is 44.4 Å². The molecule has 1 unspecified atom stereocenters. The van der Waals surface area contributed by atoms with E-state index in [2.05, 4.69) is 28.1 Å². The molecule has 0 aromatic heterocycles. The Hall–Kier alpha value is -0.850. The van der Waals surface area contributed by atoms with Crippen LogP contribution in [-0.4, -0.2) is 6.54 Å². The summed E-state index contributed by atoms with van der Waals surface area (Å²) in [5, 5.41) is 9.54. The largest absolute Gasteiger partial charge is 0.330 e. The van der Waals surface area contributed by atoms with Gasteiger partial charge in [-0.2, -0.15) is 5.26 Å². The minimum absolute atomic E-state index is 0.394. The van der Waals surface area contributed by atoms with Crippen molar-refractivity contribution in [3.05, 3.63) is 34.3 Å². The lowest BCUT2D eigenvalue weighted by Gasteiger charge is -2.23. The molecule has 0 radical (unpaired) electrons. The molecule has 0 spiro atoms. The van der Waals surface area contributed by atoms with E-state index in [9.17, 15) is 5.26 Å². The molecule has 2 nitrogen and oxygen atoms in total. The highest BCUT2D eigenvalue weighted by atomic mass is 79.9. The molecular formula is C16H21BrN2. The quantitative estimate of drug-likeness (QED) is 0.856. The van der Waals surface area contributed by atoms with Crippen LogP contribution >= 0.6 is 15.9 Å². The second kappa shape index (κ2) is 5.64. The first-order chi connectivity index (χ1) is 9.03. The zero-order valence-electron chi connectivity index (χ0n) is 11.5. The zero-order chi connectivity index (χ0) is 13.9. The van der Waals surface area contributed by atoms with Crippen LogP contribution in [-0.2, 0) is 5.41 Å². The number of halogens is 1. The molecule has 19 heavy (non-hydrogen) atoms. The van der Waals surface area contributed by atoms with Crippen LogP contribution in [0, 0.1) is 16.7 Å². The number of nitriles is 1. The van der Waals surface area contributed by atoms with E-state index >= 15 is 0 Å². The van der Waals surface area contributed by atoms with E-state index < -0.39 is 5.41 Å². The lowest BCUT2D eigenvalue weighted by atomic mass is 9.78. The standard InChI is InChI=1S/C16H21BrN2/c1-15(11-18,13-4-2-5-14(17)10-13)6-3-7-16(12-19)8-9-16/h2,4-5,10H,3,6-9,12,19H2,1H3. The molecule has 1 aromatic carbocycles. The number of hydrogen-bond donors (Lipinski definition) is 1. The van der Waals surface area contributed by atoms with Crippen LogP contribution in [0.25, 0.3) is 0 Å². The van der Waals surface area contributed by atoms with Gasteiger partial charge < -0.3 is 5.73 Å². The molecule has 0 saturated heterocycles. The predicted molar refractivity (Wildman–Crippen MR) is 81.7 cm³/mol. The third-order valence-electron chi connectivity index (χ3n) is 4.48. The highest BCUT2D eigenvalue weighted by Gasteiger charge is 2.40. The number of rotatable bonds is 6. The van der Waals surface area contributed by atoms with Crippen LogP contribution in [0.5, 0.6) is 0 Å². The average Bonchev–Trinajstić information content (AvgIpc) is 3.19. The highest BCUT2D eigenvalue weighted by molar-refractivity contribution is 9.10. The van der Waals surface area contributed by atoms with E-state index in [1.165, 1.54) is 12.8 Å². The van der Waals surface area contributed by atoms with Gasteiger partial charge in [-0.05, 0) is 62.3 Å². The van der Waals surface area contributed by atoms with Gasteiger partial charge in [0, 0.05) is 4.47 Å². The van der Waals surface area contributed by atoms with Crippen molar-refractivity contribution in [2.75, 3.05) is 6.54 Å². The molecule has 1 aliphatic carbocycles. The molecule has 102 valence electrons. The van der Waals surface area contributed by atoms with Crippen LogP contribution in [0.2, 0.25) is 0 Å². The Morgan fingerprint density at radius 1 is 1.47 bits per heavy atom. The molecule has 2 N–H and O–H groups in total. The second-order valence-electron chi connectivity index (χ2n) is 6.01. The molecule has 0 amide bonds. The van der Waals surface area contributed by atoms with Crippen molar-refractivity contribution in [1.29, 1.82) is 5.26 Å². The fourth-order valence-corrected chi connectivity index (χ4v) is 3.05. The first-order valence-electron chi connectivity index (χ1n) is 6.91. The maximum atomic E-state index is 9.54. The number of benzene rings is 1. The minimum Gasteiger partial charge on any atom is -0.330 e. The Kier molecular flexibility index (Phi) is 4.32. The molecule has 0 bridgehead atoms. The summed E-state index contributed by atoms with van der Waals surface area (Å²) in [6.07, 6.45) is 5.68. The lowest BCUT2D eigenvalue weighted by Crippen LogP contribution is -2.21. The van der Waals surface area contributed by atoms with Crippen LogP contribution in [0.4, 0.5) is 0 Å². The van der Waals surface area contributed by atoms with Gasteiger partial charge in [-0.1, -0.05) is 34.5 Å². The van der Waals surface area contributed by atoms with E-state index in [-0.39, 0.29) is 0 Å². The summed E-state index contributed by atoms with van der Waals surface area (Å²) < 4.78 is 1.03. The van der Waals surface area contributed by atoms with Gasteiger partial charge >= 0.3 is 0 Å².